The molecule has 2 aromatic heterocycles. The van der Waals surface area contributed by atoms with Crippen LogP contribution in [0.1, 0.15) is 28.5 Å². The summed E-state index contributed by atoms with van der Waals surface area (Å²) in [5.41, 5.74) is 1.72. The molecule has 0 aliphatic carbocycles. The molecule has 0 saturated carbocycles. The maximum absolute atomic E-state index is 13.3. The molecule has 0 aliphatic rings. The summed E-state index contributed by atoms with van der Waals surface area (Å²) in [6.45, 7) is 2.35. The minimum absolute atomic E-state index is 0.00500. The van der Waals surface area contributed by atoms with Gasteiger partial charge >= 0.3 is 5.97 Å². The lowest BCUT2D eigenvalue weighted by Crippen LogP contribution is -2.14. The highest BCUT2D eigenvalue weighted by Gasteiger charge is 2.21. The zero-order valence-electron chi connectivity index (χ0n) is 19.4. The number of para-hydroxylation sites is 1. The number of hydrogen-bond acceptors (Lipinski definition) is 7. The van der Waals surface area contributed by atoms with Crippen LogP contribution in [0.15, 0.2) is 71.9 Å². The first-order valence-corrected chi connectivity index (χ1v) is 12.3. The average molecular weight is 503 g/mol. The summed E-state index contributed by atoms with van der Waals surface area (Å²) in [7, 11) is -2.51. The molecule has 182 valence electrons. The molecule has 0 aliphatic heterocycles. The molecule has 0 fully saturated rings. The Morgan fingerprint density at radius 1 is 1.06 bits per heavy atom. The van der Waals surface area contributed by atoms with E-state index in [-0.39, 0.29) is 21.8 Å². The van der Waals surface area contributed by atoms with Crippen LogP contribution in [0, 0.1) is 11.8 Å². The van der Waals surface area contributed by atoms with Gasteiger partial charge in [0.1, 0.15) is 10.6 Å². The van der Waals surface area contributed by atoms with E-state index in [0.717, 1.165) is 0 Å². The second-order valence-electron chi connectivity index (χ2n) is 7.52. The van der Waals surface area contributed by atoms with E-state index in [1.807, 2.05) is 6.92 Å². The molecule has 2 aromatic carbocycles. The fourth-order valence-electron chi connectivity index (χ4n) is 3.56. The number of ether oxygens (including phenoxy) is 1. The van der Waals surface area contributed by atoms with Gasteiger partial charge in [-0.25, -0.2) is 18.2 Å². The fraction of sp³-hybridized carbons (Fsp3) is 0.115. The molecular weight excluding hydrogens is 480 g/mol. The molecule has 0 spiro atoms. The lowest BCUT2D eigenvalue weighted by atomic mass is 10.1. The minimum atomic E-state index is -4.02. The SMILES string of the molecule is CCNc1cc(C#Cc2ccccc2NS(=O)(=O)c2ccc(OC)c3cccnc23)cnc1C(=O)O. The first-order valence-electron chi connectivity index (χ1n) is 10.9. The van der Waals surface area contributed by atoms with Crippen molar-refractivity contribution in [1.82, 2.24) is 9.97 Å². The topological polar surface area (TPSA) is 131 Å². The predicted molar refractivity (Wildman–Crippen MR) is 137 cm³/mol. The summed E-state index contributed by atoms with van der Waals surface area (Å²) in [6.07, 6.45) is 2.88. The molecule has 10 heteroatoms. The molecule has 0 saturated heterocycles. The van der Waals surface area contributed by atoms with E-state index in [9.17, 15) is 18.3 Å². The lowest BCUT2D eigenvalue weighted by Gasteiger charge is -2.13. The van der Waals surface area contributed by atoms with Crippen LogP contribution >= 0.6 is 0 Å². The Hall–Kier alpha value is -4.62. The molecule has 3 N–H and O–H groups in total. The quantitative estimate of drug-likeness (QED) is 0.324. The van der Waals surface area contributed by atoms with Crippen LogP contribution in [0.2, 0.25) is 0 Å². The highest BCUT2D eigenvalue weighted by molar-refractivity contribution is 7.93. The van der Waals surface area contributed by atoms with Crippen molar-refractivity contribution in [2.75, 3.05) is 23.7 Å². The molecular formula is C26H22N4O5S. The first-order chi connectivity index (χ1) is 17.3. The second kappa shape index (κ2) is 10.3. The van der Waals surface area contributed by atoms with E-state index >= 15 is 0 Å². The van der Waals surface area contributed by atoms with E-state index in [4.69, 9.17) is 4.74 Å². The van der Waals surface area contributed by atoms with Crippen molar-refractivity contribution < 1.29 is 23.1 Å². The largest absolute Gasteiger partial charge is 0.496 e. The number of nitrogens with one attached hydrogen (secondary N) is 2. The van der Waals surface area contributed by atoms with Crippen molar-refractivity contribution >= 4 is 38.3 Å². The van der Waals surface area contributed by atoms with Crippen LogP contribution in [0.4, 0.5) is 11.4 Å². The van der Waals surface area contributed by atoms with Gasteiger partial charge in [0.15, 0.2) is 5.69 Å². The Balaban J connectivity index is 1.70. The zero-order chi connectivity index (χ0) is 25.7. The highest BCUT2D eigenvalue weighted by Crippen LogP contribution is 2.30. The molecule has 4 rings (SSSR count). The van der Waals surface area contributed by atoms with Gasteiger partial charge in [0.25, 0.3) is 10.0 Å². The first kappa shape index (κ1) is 24.5. The summed E-state index contributed by atoms with van der Waals surface area (Å²) in [5, 5.41) is 12.8. The summed E-state index contributed by atoms with van der Waals surface area (Å²) in [5.74, 6) is 5.25. The summed E-state index contributed by atoms with van der Waals surface area (Å²) < 4.78 is 34.6. The number of pyridine rings is 2. The number of fused-ring (bicyclic) bond motifs is 1. The minimum Gasteiger partial charge on any atom is -0.496 e. The second-order valence-corrected chi connectivity index (χ2v) is 9.17. The summed E-state index contributed by atoms with van der Waals surface area (Å²) in [6, 6.07) is 14.8. The molecule has 0 atom stereocenters. The van der Waals surface area contributed by atoms with Gasteiger partial charge in [0.05, 0.1) is 24.0 Å². The van der Waals surface area contributed by atoms with Crippen molar-refractivity contribution in [2.45, 2.75) is 11.8 Å². The standard InChI is InChI=1S/C26H22N4O5S/c1-3-27-21-15-17(16-29-25(21)26(31)32)10-11-18-7-4-5-9-20(18)30-36(33,34)23-13-12-22(35-2)19-8-6-14-28-24(19)23/h4-9,12-16,27,30H,3H2,1-2H3,(H,31,32). The van der Waals surface area contributed by atoms with Crippen molar-refractivity contribution in [1.29, 1.82) is 0 Å². The number of sulfonamides is 1. The van der Waals surface area contributed by atoms with E-state index in [0.29, 0.717) is 34.5 Å². The van der Waals surface area contributed by atoms with Gasteiger partial charge in [0.2, 0.25) is 0 Å². The zero-order valence-corrected chi connectivity index (χ0v) is 20.3. The maximum Gasteiger partial charge on any atom is 0.356 e. The van der Waals surface area contributed by atoms with Gasteiger partial charge in [-0.15, -0.1) is 0 Å². The normalized spacial score (nSPS) is 10.8. The van der Waals surface area contributed by atoms with Crippen LogP contribution in [0.25, 0.3) is 10.9 Å². The maximum atomic E-state index is 13.3. The van der Waals surface area contributed by atoms with E-state index in [1.54, 1.807) is 48.5 Å². The van der Waals surface area contributed by atoms with Gasteiger partial charge in [-0.1, -0.05) is 24.0 Å². The number of rotatable bonds is 7. The van der Waals surface area contributed by atoms with E-state index in [2.05, 4.69) is 31.8 Å². The number of aromatic carboxylic acids is 1. The molecule has 0 radical (unpaired) electrons. The van der Waals surface area contributed by atoms with Crippen molar-refractivity contribution in [3.8, 4) is 17.6 Å². The Morgan fingerprint density at radius 2 is 1.86 bits per heavy atom. The lowest BCUT2D eigenvalue weighted by molar-refractivity contribution is 0.0691. The van der Waals surface area contributed by atoms with Gasteiger partial charge in [-0.2, -0.15) is 0 Å². The molecule has 0 amide bonds. The van der Waals surface area contributed by atoms with Crippen LogP contribution < -0.4 is 14.8 Å². The van der Waals surface area contributed by atoms with E-state index in [1.165, 1.54) is 25.6 Å². The van der Waals surface area contributed by atoms with Gasteiger partial charge < -0.3 is 15.2 Å². The van der Waals surface area contributed by atoms with Crippen LogP contribution in [-0.4, -0.2) is 43.1 Å². The van der Waals surface area contributed by atoms with Crippen molar-refractivity contribution in [2.24, 2.45) is 0 Å². The van der Waals surface area contributed by atoms with Gasteiger partial charge in [0, 0.05) is 35.5 Å². The van der Waals surface area contributed by atoms with Gasteiger partial charge in [-0.3, -0.25) is 9.71 Å². The third kappa shape index (κ3) is 5.06. The Morgan fingerprint density at radius 3 is 2.61 bits per heavy atom. The van der Waals surface area contributed by atoms with Crippen LogP contribution in [-0.2, 0) is 10.0 Å². The smallest absolute Gasteiger partial charge is 0.356 e. The Labute approximate surface area is 208 Å². The molecule has 4 aromatic rings. The predicted octanol–water partition coefficient (Wildman–Crippen LogP) is 3.97. The molecule has 0 bridgehead atoms. The monoisotopic (exact) mass is 502 g/mol. The fourth-order valence-corrected chi connectivity index (χ4v) is 4.81. The Bertz CT molecular complexity index is 1620. The number of aromatic nitrogens is 2. The number of hydrogen-bond donors (Lipinski definition) is 3. The number of nitrogens with zero attached hydrogens (tertiary/aromatic N) is 2. The Kier molecular flexibility index (Phi) is 7.03. The van der Waals surface area contributed by atoms with Crippen LogP contribution in [0.3, 0.4) is 0 Å². The molecule has 2 heterocycles. The van der Waals surface area contributed by atoms with Crippen molar-refractivity contribution in [3.63, 3.8) is 0 Å². The molecule has 36 heavy (non-hydrogen) atoms. The number of anilines is 2. The third-order valence-electron chi connectivity index (χ3n) is 5.17. The third-order valence-corrected chi connectivity index (χ3v) is 6.57. The van der Waals surface area contributed by atoms with Crippen molar-refractivity contribution in [3.05, 3.63) is 83.8 Å². The van der Waals surface area contributed by atoms with E-state index < -0.39 is 16.0 Å². The molecule has 0 unspecified atom stereocenters. The number of carboxylic acids is 1. The number of methoxy groups -OCH3 is 1. The number of carboxylic acid groups (broad SMARTS) is 1. The average Bonchev–Trinajstić information content (AvgIpc) is 2.87. The van der Waals surface area contributed by atoms with Crippen LogP contribution in [0.5, 0.6) is 5.75 Å². The number of benzene rings is 2. The number of carbonyl (C=O) groups is 1. The summed E-state index contributed by atoms with van der Waals surface area (Å²) >= 11 is 0. The molecule has 9 nitrogen and oxygen atoms in total. The highest BCUT2D eigenvalue weighted by atomic mass is 32.2. The van der Waals surface area contributed by atoms with Gasteiger partial charge in [-0.05, 0) is 49.4 Å². The summed E-state index contributed by atoms with van der Waals surface area (Å²) in [4.78, 5) is 19.6.